The predicted octanol–water partition coefficient (Wildman–Crippen LogP) is 4.45. The first-order chi connectivity index (χ1) is 9.04. The van der Waals surface area contributed by atoms with Crippen LogP contribution in [0.3, 0.4) is 0 Å². The molecule has 0 saturated heterocycles. The van der Waals surface area contributed by atoms with Gasteiger partial charge in [-0.1, -0.05) is 58.3 Å². The highest BCUT2D eigenvalue weighted by atomic mass is 19.4. The molecule has 1 atom stereocenters. The molecule has 0 saturated carbocycles. The van der Waals surface area contributed by atoms with E-state index < -0.39 is 12.0 Å². The fraction of sp³-hybridized carbons (Fsp3) is 0.929. The van der Waals surface area contributed by atoms with Gasteiger partial charge in [0.1, 0.15) is 0 Å². The molecule has 1 rings (SSSR count). The van der Waals surface area contributed by atoms with Gasteiger partial charge >= 0.3 is 6.18 Å². The van der Waals surface area contributed by atoms with Crippen LogP contribution in [0.15, 0.2) is 4.99 Å². The van der Waals surface area contributed by atoms with E-state index in [1.54, 1.807) is 0 Å². The minimum atomic E-state index is -4.31. The van der Waals surface area contributed by atoms with E-state index in [-0.39, 0.29) is 6.04 Å². The molecule has 0 spiro atoms. The van der Waals surface area contributed by atoms with Crippen LogP contribution in [0.2, 0.25) is 0 Å². The lowest BCUT2D eigenvalue weighted by Gasteiger charge is -2.05. The van der Waals surface area contributed by atoms with Crippen molar-refractivity contribution in [3.8, 4) is 0 Å². The summed E-state index contributed by atoms with van der Waals surface area (Å²) in [5.74, 6) is -0.794. The zero-order valence-corrected chi connectivity index (χ0v) is 11.7. The monoisotopic (exact) mass is 278 g/mol. The first-order valence-corrected chi connectivity index (χ1v) is 7.43. The van der Waals surface area contributed by atoms with Crippen molar-refractivity contribution in [2.45, 2.75) is 76.9 Å². The number of hydrogen-bond acceptors (Lipinski definition) is 2. The number of amidine groups is 1. The summed E-state index contributed by atoms with van der Waals surface area (Å²) in [4.78, 5) is 3.70. The van der Waals surface area contributed by atoms with Crippen LogP contribution in [0.4, 0.5) is 13.2 Å². The normalized spacial score (nSPS) is 19.4. The first kappa shape index (κ1) is 16.3. The van der Waals surface area contributed by atoms with Crippen molar-refractivity contribution < 1.29 is 13.2 Å². The van der Waals surface area contributed by atoms with Gasteiger partial charge in [-0.25, -0.2) is 0 Å². The lowest BCUT2D eigenvalue weighted by molar-refractivity contribution is -0.0611. The summed E-state index contributed by atoms with van der Waals surface area (Å²) in [7, 11) is 0. The zero-order chi connectivity index (χ0) is 14.1. The number of aliphatic imine (C=N–C) groups is 1. The van der Waals surface area contributed by atoms with Crippen molar-refractivity contribution in [3.05, 3.63) is 0 Å². The molecule has 19 heavy (non-hydrogen) atoms. The number of unbranched alkanes of at least 4 members (excludes halogenated alkanes) is 7. The molecule has 1 aliphatic rings. The van der Waals surface area contributed by atoms with Crippen LogP contribution in [0, 0.1) is 0 Å². The first-order valence-electron chi connectivity index (χ1n) is 7.43. The Kier molecular flexibility index (Phi) is 7.24. The highest BCUT2D eigenvalue weighted by Gasteiger charge is 2.39. The molecule has 2 nitrogen and oxygen atoms in total. The van der Waals surface area contributed by atoms with E-state index >= 15 is 0 Å². The van der Waals surface area contributed by atoms with Gasteiger partial charge in [0.2, 0.25) is 5.84 Å². The van der Waals surface area contributed by atoms with Crippen LogP contribution >= 0.6 is 0 Å². The van der Waals surface area contributed by atoms with E-state index in [2.05, 4.69) is 17.2 Å². The Morgan fingerprint density at radius 3 is 2.16 bits per heavy atom. The fourth-order valence-electron chi connectivity index (χ4n) is 2.34. The maximum absolute atomic E-state index is 12.3. The van der Waals surface area contributed by atoms with Crippen LogP contribution in [0.25, 0.3) is 0 Å². The van der Waals surface area contributed by atoms with Gasteiger partial charge < -0.3 is 5.32 Å². The number of nitrogens with one attached hydrogen (secondary N) is 1. The molecular formula is C14H25F3N2. The Morgan fingerprint density at radius 1 is 1.05 bits per heavy atom. The lowest BCUT2D eigenvalue weighted by Crippen LogP contribution is -2.33. The summed E-state index contributed by atoms with van der Waals surface area (Å²) in [5.41, 5.74) is 0. The van der Waals surface area contributed by atoms with Gasteiger partial charge in [-0.3, -0.25) is 4.99 Å². The molecule has 0 amide bonds. The molecule has 0 aromatic heterocycles. The largest absolute Gasteiger partial charge is 0.448 e. The number of hydrogen-bond donors (Lipinski definition) is 1. The predicted molar refractivity (Wildman–Crippen MR) is 72.5 cm³/mol. The average Bonchev–Trinajstić information content (AvgIpc) is 2.81. The molecule has 0 bridgehead atoms. The summed E-state index contributed by atoms with van der Waals surface area (Å²) < 4.78 is 37.0. The van der Waals surface area contributed by atoms with Crippen molar-refractivity contribution in [1.82, 2.24) is 5.32 Å². The van der Waals surface area contributed by atoms with Gasteiger partial charge in [0.05, 0.1) is 6.04 Å². The van der Waals surface area contributed by atoms with Crippen molar-refractivity contribution in [3.63, 3.8) is 0 Å². The Morgan fingerprint density at radius 2 is 1.63 bits per heavy atom. The Bertz CT molecular complexity index is 274. The second-order valence-corrected chi connectivity index (χ2v) is 5.27. The van der Waals surface area contributed by atoms with E-state index in [1.165, 1.54) is 38.5 Å². The Labute approximate surface area is 113 Å². The number of nitrogens with zero attached hydrogens (tertiary/aromatic N) is 1. The summed E-state index contributed by atoms with van der Waals surface area (Å²) in [5, 5.41) is 2.35. The summed E-state index contributed by atoms with van der Waals surface area (Å²) in [6, 6.07) is -0.184. The Hall–Kier alpha value is -0.740. The highest BCUT2D eigenvalue weighted by Crippen LogP contribution is 2.21. The van der Waals surface area contributed by atoms with Gasteiger partial charge in [0, 0.05) is 6.54 Å². The third-order valence-electron chi connectivity index (χ3n) is 3.48. The second kappa shape index (κ2) is 8.43. The van der Waals surface area contributed by atoms with E-state index in [1.807, 2.05) is 0 Å². The zero-order valence-electron chi connectivity index (χ0n) is 11.7. The molecule has 0 radical (unpaired) electrons. The van der Waals surface area contributed by atoms with Crippen LogP contribution in [-0.2, 0) is 0 Å². The van der Waals surface area contributed by atoms with Gasteiger partial charge in [0.25, 0.3) is 0 Å². The van der Waals surface area contributed by atoms with Crippen LogP contribution in [-0.4, -0.2) is 24.6 Å². The van der Waals surface area contributed by atoms with E-state index in [0.717, 1.165) is 19.3 Å². The minimum Gasteiger partial charge on any atom is -0.364 e. The smallest absolute Gasteiger partial charge is 0.364 e. The van der Waals surface area contributed by atoms with Gasteiger partial charge in [0.15, 0.2) is 0 Å². The molecule has 1 N–H and O–H groups in total. The third kappa shape index (κ3) is 6.83. The standard InChI is InChI=1S/C14H25F3N2/c1-2-3-4-5-6-7-8-9-10-12-11-18-13(19-12)14(15,16)17/h12H,2-11H2,1H3,(H,18,19). The van der Waals surface area contributed by atoms with Gasteiger partial charge in [-0.15, -0.1) is 0 Å². The molecule has 1 heterocycles. The molecule has 0 aromatic rings. The molecule has 0 aliphatic carbocycles. The maximum Gasteiger partial charge on any atom is 0.448 e. The van der Waals surface area contributed by atoms with E-state index in [0.29, 0.717) is 6.54 Å². The van der Waals surface area contributed by atoms with Crippen molar-refractivity contribution in [2.75, 3.05) is 6.54 Å². The van der Waals surface area contributed by atoms with Crippen molar-refractivity contribution >= 4 is 5.84 Å². The second-order valence-electron chi connectivity index (χ2n) is 5.27. The van der Waals surface area contributed by atoms with Crippen LogP contribution < -0.4 is 5.32 Å². The molecule has 1 unspecified atom stereocenters. The molecular weight excluding hydrogens is 253 g/mol. The topological polar surface area (TPSA) is 24.4 Å². The van der Waals surface area contributed by atoms with Crippen molar-refractivity contribution in [2.24, 2.45) is 4.99 Å². The number of alkyl halides is 3. The van der Waals surface area contributed by atoms with Gasteiger partial charge in [-0.05, 0) is 6.42 Å². The minimum absolute atomic E-state index is 0.184. The van der Waals surface area contributed by atoms with Crippen LogP contribution in [0.5, 0.6) is 0 Å². The Balaban J connectivity index is 2.01. The summed E-state index contributed by atoms with van der Waals surface area (Å²) >= 11 is 0. The average molecular weight is 278 g/mol. The molecule has 0 fully saturated rings. The fourth-order valence-corrected chi connectivity index (χ4v) is 2.34. The summed E-state index contributed by atoms with van der Waals surface area (Å²) in [6.45, 7) is 2.54. The van der Waals surface area contributed by atoms with E-state index in [9.17, 15) is 13.2 Å². The van der Waals surface area contributed by atoms with Gasteiger partial charge in [-0.2, -0.15) is 13.2 Å². The molecule has 0 aromatic carbocycles. The van der Waals surface area contributed by atoms with E-state index in [4.69, 9.17) is 0 Å². The SMILES string of the molecule is CCCCCCCCCCC1CNC(C(F)(F)F)=N1. The molecule has 5 heteroatoms. The summed E-state index contributed by atoms with van der Waals surface area (Å²) in [6.07, 6.45) is 6.15. The van der Waals surface area contributed by atoms with Crippen LogP contribution in [0.1, 0.15) is 64.7 Å². The maximum atomic E-state index is 12.3. The lowest BCUT2D eigenvalue weighted by atomic mass is 10.1. The molecule has 1 aliphatic heterocycles. The van der Waals surface area contributed by atoms with Crippen molar-refractivity contribution in [1.29, 1.82) is 0 Å². The number of rotatable bonds is 9. The highest BCUT2D eigenvalue weighted by molar-refractivity contribution is 5.89. The molecule has 112 valence electrons. The quantitative estimate of drug-likeness (QED) is 0.619. The number of halogens is 3. The third-order valence-corrected chi connectivity index (χ3v) is 3.48.